The average Bonchev–Trinajstić information content (AvgIpc) is 2.94. The maximum atomic E-state index is 6.23. The molecule has 0 unspecified atom stereocenters. The predicted molar refractivity (Wildman–Crippen MR) is 82.5 cm³/mol. The Hall–Kier alpha value is -0.860. The highest BCUT2D eigenvalue weighted by Gasteiger charge is 2.45. The Labute approximate surface area is 123 Å². The molecule has 2 saturated heterocycles. The van der Waals surface area contributed by atoms with E-state index in [1.54, 1.807) is 0 Å². The smallest absolute Gasteiger partial charge is 0.114 e. The van der Waals surface area contributed by atoms with Crippen molar-refractivity contribution in [2.45, 2.75) is 64.3 Å². The van der Waals surface area contributed by atoms with Gasteiger partial charge in [0.15, 0.2) is 0 Å². The molecular weight excluding hydrogens is 246 g/mol. The van der Waals surface area contributed by atoms with E-state index in [4.69, 9.17) is 4.74 Å². The first-order valence-corrected chi connectivity index (χ1v) is 8.29. The van der Waals surface area contributed by atoms with Crippen LogP contribution >= 0.6 is 0 Å². The second kappa shape index (κ2) is 6.28. The fraction of sp³-hybridized carbons (Fsp3) is 0.667. The lowest BCUT2D eigenvalue weighted by molar-refractivity contribution is -0.0703. The van der Waals surface area contributed by atoms with Gasteiger partial charge in [-0.2, -0.15) is 0 Å². The predicted octanol–water partition coefficient (Wildman–Crippen LogP) is 4.37. The number of nitrogens with zero attached hydrogens (tertiary/aromatic N) is 1. The zero-order valence-electron chi connectivity index (χ0n) is 12.8. The van der Waals surface area contributed by atoms with Crippen LogP contribution in [0.5, 0.6) is 0 Å². The van der Waals surface area contributed by atoms with Crippen LogP contribution in [0.15, 0.2) is 30.3 Å². The highest BCUT2D eigenvalue weighted by molar-refractivity contribution is 5.21. The van der Waals surface area contributed by atoms with Crippen LogP contribution in [0.4, 0.5) is 0 Å². The Bertz CT molecular complexity index is 419. The number of hydrogen-bond acceptors (Lipinski definition) is 2. The van der Waals surface area contributed by atoms with E-state index >= 15 is 0 Å². The van der Waals surface area contributed by atoms with Crippen LogP contribution in [0.1, 0.15) is 57.6 Å². The maximum absolute atomic E-state index is 6.23. The Morgan fingerprint density at radius 1 is 1.15 bits per heavy atom. The second-order valence-electron chi connectivity index (χ2n) is 6.29. The van der Waals surface area contributed by atoms with E-state index in [-0.39, 0.29) is 0 Å². The van der Waals surface area contributed by atoms with Crippen LogP contribution in [-0.2, 0) is 4.74 Å². The van der Waals surface area contributed by atoms with Gasteiger partial charge in [0.1, 0.15) is 6.23 Å². The fourth-order valence-electron chi connectivity index (χ4n) is 4.06. The maximum Gasteiger partial charge on any atom is 0.114 e. The summed E-state index contributed by atoms with van der Waals surface area (Å²) in [6.07, 6.45) is 6.85. The van der Waals surface area contributed by atoms with Crippen molar-refractivity contribution in [3.8, 4) is 0 Å². The molecule has 0 N–H and O–H groups in total. The molecule has 3 rings (SSSR count). The van der Waals surface area contributed by atoms with Crippen molar-refractivity contribution in [1.29, 1.82) is 0 Å². The summed E-state index contributed by atoms with van der Waals surface area (Å²) < 4.78 is 6.23. The monoisotopic (exact) mass is 273 g/mol. The van der Waals surface area contributed by atoms with E-state index in [2.05, 4.69) is 49.1 Å². The Kier molecular flexibility index (Phi) is 4.42. The highest BCUT2D eigenvalue weighted by Crippen LogP contribution is 2.43. The second-order valence-corrected chi connectivity index (χ2v) is 6.29. The molecule has 2 nitrogen and oxygen atoms in total. The molecule has 110 valence electrons. The third-order valence-corrected chi connectivity index (χ3v) is 5.10. The number of rotatable bonds is 4. The van der Waals surface area contributed by atoms with E-state index < -0.39 is 0 Å². The van der Waals surface area contributed by atoms with E-state index in [1.165, 1.54) is 37.7 Å². The van der Waals surface area contributed by atoms with Crippen LogP contribution in [0.2, 0.25) is 0 Å². The standard InChI is InChI=1S/C18H27NO/c1-3-8-16-12-11-14(4-2)18-19(16)17(13-20-18)15-9-6-5-7-10-15/h5-7,9-10,14,16-18H,3-4,8,11-13H2,1-2H3/t14-,16-,17-,18+/m0/s1. The van der Waals surface area contributed by atoms with Crippen LogP contribution in [0, 0.1) is 5.92 Å². The van der Waals surface area contributed by atoms with Gasteiger partial charge < -0.3 is 4.74 Å². The van der Waals surface area contributed by atoms with E-state index in [1.807, 2.05) is 0 Å². The van der Waals surface area contributed by atoms with Gasteiger partial charge in [0, 0.05) is 6.04 Å². The minimum Gasteiger partial charge on any atom is -0.361 e. The summed E-state index contributed by atoms with van der Waals surface area (Å²) in [6.45, 7) is 5.48. The number of fused-ring (bicyclic) bond motifs is 1. The fourth-order valence-corrected chi connectivity index (χ4v) is 4.06. The molecular formula is C18H27NO. The van der Waals surface area contributed by atoms with Gasteiger partial charge in [0.25, 0.3) is 0 Å². The minimum atomic E-state index is 0.357. The van der Waals surface area contributed by atoms with Gasteiger partial charge in [-0.3, -0.25) is 4.90 Å². The topological polar surface area (TPSA) is 12.5 Å². The van der Waals surface area contributed by atoms with Gasteiger partial charge in [0.2, 0.25) is 0 Å². The first-order chi connectivity index (χ1) is 9.85. The largest absolute Gasteiger partial charge is 0.361 e. The Morgan fingerprint density at radius 3 is 2.65 bits per heavy atom. The van der Waals surface area contributed by atoms with Crippen molar-refractivity contribution in [1.82, 2.24) is 4.90 Å². The normalized spacial score (nSPS) is 34.1. The molecule has 2 aliphatic heterocycles. The summed E-state index contributed by atoms with van der Waals surface area (Å²) in [5.74, 6) is 0.719. The van der Waals surface area contributed by atoms with E-state index in [0.717, 1.165) is 12.5 Å². The quantitative estimate of drug-likeness (QED) is 0.807. The zero-order valence-corrected chi connectivity index (χ0v) is 12.8. The molecule has 0 aliphatic carbocycles. The Balaban J connectivity index is 1.86. The van der Waals surface area contributed by atoms with Gasteiger partial charge in [-0.1, -0.05) is 50.6 Å². The zero-order chi connectivity index (χ0) is 13.9. The van der Waals surface area contributed by atoms with Crippen LogP contribution in [-0.4, -0.2) is 23.8 Å². The van der Waals surface area contributed by atoms with Gasteiger partial charge in [-0.25, -0.2) is 0 Å². The van der Waals surface area contributed by atoms with E-state index in [9.17, 15) is 0 Å². The number of ether oxygens (including phenoxy) is 1. The van der Waals surface area contributed by atoms with Crippen LogP contribution < -0.4 is 0 Å². The third kappa shape index (κ3) is 2.51. The summed E-state index contributed by atoms with van der Waals surface area (Å²) in [5.41, 5.74) is 1.42. The molecule has 2 fully saturated rings. The molecule has 0 aromatic heterocycles. The van der Waals surface area contributed by atoms with Crippen LogP contribution in [0.3, 0.4) is 0 Å². The van der Waals surface area contributed by atoms with Crippen molar-refractivity contribution < 1.29 is 4.74 Å². The van der Waals surface area contributed by atoms with Crippen molar-refractivity contribution in [2.75, 3.05) is 6.61 Å². The lowest BCUT2D eigenvalue weighted by atomic mass is 9.86. The minimum absolute atomic E-state index is 0.357. The van der Waals surface area contributed by atoms with E-state index in [0.29, 0.717) is 18.3 Å². The summed E-state index contributed by atoms with van der Waals surface area (Å²) in [5, 5.41) is 0. The third-order valence-electron chi connectivity index (χ3n) is 5.10. The van der Waals surface area contributed by atoms with Crippen LogP contribution in [0.25, 0.3) is 0 Å². The lowest BCUT2D eigenvalue weighted by Gasteiger charge is -2.43. The molecule has 2 aliphatic rings. The molecule has 1 aromatic carbocycles. The summed E-state index contributed by atoms with van der Waals surface area (Å²) in [4.78, 5) is 2.70. The van der Waals surface area contributed by atoms with Gasteiger partial charge in [0.05, 0.1) is 12.6 Å². The molecule has 4 atom stereocenters. The molecule has 0 bridgehead atoms. The van der Waals surface area contributed by atoms with Crippen molar-refractivity contribution in [2.24, 2.45) is 5.92 Å². The Morgan fingerprint density at radius 2 is 1.95 bits per heavy atom. The SMILES string of the molecule is CCC[C@H]1CC[C@H](CC)[C@H]2OC[C@@H](c3ccccc3)N12. The van der Waals surface area contributed by atoms with Crippen molar-refractivity contribution in [3.63, 3.8) is 0 Å². The van der Waals surface area contributed by atoms with Gasteiger partial charge >= 0.3 is 0 Å². The highest BCUT2D eigenvalue weighted by atomic mass is 16.5. The average molecular weight is 273 g/mol. The van der Waals surface area contributed by atoms with Crippen molar-refractivity contribution >= 4 is 0 Å². The molecule has 2 heteroatoms. The summed E-state index contributed by atoms with van der Waals surface area (Å²) in [7, 11) is 0. The van der Waals surface area contributed by atoms with Gasteiger partial charge in [-0.05, 0) is 37.2 Å². The first kappa shape index (κ1) is 14.1. The number of benzene rings is 1. The number of hydrogen-bond donors (Lipinski definition) is 0. The molecule has 2 heterocycles. The molecule has 0 radical (unpaired) electrons. The summed E-state index contributed by atoms with van der Waals surface area (Å²) >= 11 is 0. The lowest BCUT2D eigenvalue weighted by Crippen LogP contribution is -2.48. The van der Waals surface area contributed by atoms with Gasteiger partial charge in [-0.15, -0.1) is 0 Å². The number of piperidine rings is 1. The van der Waals surface area contributed by atoms with Crippen molar-refractivity contribution in [3.05, 3.63) is 35.9 Å². The molecule has 0 saturated carbocycles. The summed E-state index contributed by atoms with van der Waals surface area (Å²) in [6, 6.07) is 12.1. The molecule has 0 amide bonds. The molecule has 1 aromatic rings. The molecule has 20 heavy (non-hydrogen) atoms. The molecule has 0 spiro atoms. The first-order valence-electron chi connectivity index (χ1n) is 8.29.